The van der Waals surface area contributed by atoms with E-state index in [4.69, 9.17) is 14.2 Å². The minimum atomic E-state index is -4.59. The van der Waals surface area contributed by atoms with Crippen LogP contribution >= 0.6 is 0 Å². The number of rotatable bonds is 7. The van der Waals surface area contributed by atoms with Crippen LogP contribution in [-0.2, 0) is 17.5 Å². The van der Waals surface area contributed by atoms with Gasteiger partial charge < -0.3 is 24.4 Å². The second-order valence-corrected chi connectivity index (χ2v) is 12.0. The molecule has 2 aliphatic rings. The first kappa shape index (κ1) is 32.9. The fourth-order valence-corrected chi connectivity index (χ4v) is 5.16. The molecule has 0 aliphatic carbocycles. The van der Waals surface area contributed by atoms with Gasteiger partial charge in [0.2, 0.25) is 5.75 Å². The smallest absolute Gasteiger partial charge is 0.416 e. The molecule has 0 bridgehead atoms. The highest BCUT2D eigenvalue weighted by Gasteiger charge is 2.35. The maximum Gasteiger partial charge on any atom is 0.416 e. The van der Waals surface area contributed by atoms with Crippen molar-refractivity contribution in [3.8, 4) is 17.4 Å². The lowest BCUT2D eigenvalue weighted by Gasteiger charge is -2.34. The Labute approximate surface area is 265 Å². The minimum Gasteiger partial charge on any atom is -0.483 e. The summed E-state index contributed by atoms with van der Waals surface area (Å²) in [6, 6.07) is 9.94. The molecule has 0 atom stereocenters. The number of carbonyl (C=O) groups excluding carboxylic acids is 2. The quantitative estimate of drug-likeness (QED) is 0.342. The van der Waals surface area contributed by atoms with E-state index in [1.54, 1.807) is 32.9 Å². The summed E-state index contributed by atoms with van der Waals surface area (Å²) >= 11 is 0. The standard InChI is InChI=1S/C32H37F3N6O5/c1-5-39-11-13-40(14-12-39)19-22-9-10-23(18-25(22)32(33,34)35)38-28(42)21-7-6-8-24(17-21)45-29-26-27(36-20-37-29)41(15-16-44-26)30(43)46-31(2,3)4/h6-10,17-18,20H,5,11-16,19H2,1-4H3,(H,38,42). The van der Waals surface area contributed by atoms with Crippen LogP contribution in [0, 0.1) is 0 Å². The second kappa shape index (κ2) is 13.5. The zero-order valence-corrected chi connectivity index (χ0v) is 26.2. The van der Waals surface area contributed by atoms with Gasteiger partial charge in [0.25, 0.3) is 11.8 Å². The van der Waals surface area contributed by atoms with Crippen LogP contribution in [0.4, 0.5) is 29.5 Å². The molecule has 0 unspecified atom stereocenters. The van der Waals surface area contributed by atoms with Crippen LogP contribution in [0.2, 0.25) is 0 Å². The molecule has 1 saturated heterocycles. The van der Waals surface area contributed by atoms with Gasteiger partial charge in [0, 0.05) is 44.0 Å². The summed E-state index contributed by atoms with van der Waals surface area (Å²) in [7, 11) is 0. The van der Waals surface area contributed by atoms with Crippen LogP contribution in [0.3, 0.4) is 0 Å². The van der Waals surface area contributed by atoms with E-state index in [2.05, 4.69) is 27.1 Å². The van der Waals surface area contributed by atoms with Gasteiger partial charge in [-0.15, -0.1) is 0 Å². The normalized spacial score (nSPS) is 15.9. The van der Waals surface area contributed by atoms with Crippen molar-refractivity contribution >= 4 is 23.5 Å². The molecule has 1 fully saturated rings. The maximum atomic E-state index is 14.1. The highest BCUT2D eigenvalue weighted by atomic mass is 19.4. The fraction of sp³-hybridized carbons (Fsp3) is 0.438. The third kappa shape index (κ3) is 8.04. The molecule has 14 heteroatoms. The van der Waals surface area contributed by atoms with Crippen LogP contribution in [0.5, 0.6) is 17.4 Å². The van der Waals surface area contributed by atoms with Crippen molar-refractivity contribution in [3.63, 3.8) is 0 Å². The molecular weight excluding hydrogens is 605 g/mol. The number of hydrogen-bond donors (Lipinski definition) is 1. The maximum absolute atomic E-state index is 14.1. The fourth-order valence-electron chi connectivity index (χ4n) is 5.16. The lowest BCUT2D eigenvalue weighted by molar-refractivity contribution is -0.138. The van der Waals surface area contributed by atoms with Gasteiger partial charge in [0.05, 0.1) is 12.1 Å². The van der Waals surface area contributed by atoms with E-state index in [-0.39, 0.29) is 59.7 Å². The third-order valence-corrected chi connectivity index (χ3v) is 7.47. The van der Waals surface area contributed by atoms with Crippen LogP contribution < -0.4 is 19.7 Å². The lowest BCUT2D eigenvalue weighted by Crippen LogP contribution is -2.45. The average Bonchev–Trinajstić information content (AvgIpc) is 3.01. The predicted octanol–water partition coefficient (Wildman–Crippen LogP) is 5.81. The van der Waals surface area contributed by atoms with Crippen LogP contribution in [-0.4, -0.2) is 83.2 Å². The number of benzene rings is 2. The summed E-state index contributed by atoms with van der Waals surface area (Å²) in [5.41, 5.74) is -1.18. The van der Waals surface area contributed by atoms with Gasteiger partial charge in [-0.05, 0) is 63.2 Å². The number of nitrogens with one attached hydrogen (secondary N) is 1. The number of likely N-dealkylation sites (N-methyl/N-ethyl adjacent to an activating group) is 1. The Morgan fingerprint density at radius 3 is 2.41 bits per heavy atom. The van der Waals surface area contributed by atoms with Gasteiger partial charge >= 0.3 is 12.3 Å². The van der Waals surface area contributed by atoms with Crippen molar-refractivity contribution in [2.45, 2.75) is 46.0 Å². The first-order chi connectivity index (χ1) is 21.8. The number of carbonyl (C=O) groups is 2. The van der Waals surface area contributed by atoms with E-state index in [0.29, 0.717) is 13.1 Å². The van der Waals surface area contributed by atoms with Gasteiger partial charge in [-0.25, -0.2) is 9.78 Å². The van der Waals surface area contributed by atoms with Gasteiger partial charge in [0.15, 0.2) is 5.82 Å². The summed E-state index contributed by atoms with van der Waals surface area (Å²) in [6.07, 6.45) is -3.98. The Bertz CT molecular complexity index is 1570. The molecule has 11 nitrogen and oxygen atoms in total. The molecule has 5 rings (SSSR count). The molecular formula is C32H37F3N6O5. The number of anilines is 2. The molecule has 2 amide bonds. The number of aromatic nitrogens is 2. The van der Waals surface area contributed by atoms with E-state index in [1.807, 2.05) is 4.90 Å². The zero-order valence-electron chi connectivity index (χ0n) is 26.2. The Hall–Kier alpha value is -4.43. The van der Waals surface area contributed by atoms with E-state index in [9.17, 15) is 22.8 Å². The molecule has 1 N–H and O–H groups in total. The van der Waals surface area contributed by atoms with Gasteiger partial charge in [-0.2, -0.15) is 18.2 Å². The molecule has 3 heterocycles. The number of halogens is 3. The molecule has 246 valence electrons. The zero-order chi connectivity index (χ0) is 33.1. The van der Waals surface area contributed by atoms with Crippen LogP contribution in [0.25, 0.3) is 0 Å². The third-order valence-electron chi connectivity index (χ3n) is 7.47. The molecule has 0 spiro atoms. The molecule has 3 aromatic rings. The monoisotopic (exact) mass is 642 g/mol. The van der Waals surface area contributed by atoms with E-state index >= 15 is 0 Å². The van der Waals surface area contributed by atoms with Gasteiger partial charge in [-0.3, -0.25) is 14.6 Å². The van der Waals surface area contributed by atoms with E-state index in [0.717, 1.165) is 25.7 Å². The summed E-state index contributed by atoms with van der Waals surface area (Å²) in [5.74, 6) is -0.106. The Balaban J connectivity index is 1.30. The predicted molar refractivity (Wildman–Crippen MR) is 164 cm³/mol. The van der Waals surface area contributed by atoms with Crippen molar-refractivity contribution < 1.29 is 37.0 Å². The minimum absolute atomic E-state index is 0.0114. The molecule has 1 aromatic heterocycles. The number of amides is 2. The molecule has 2 aromatic carbocycles. The first-order valence-corrected chi connectivity index (χ1v) is 15.0. The summed E-state index contributed by atoms with van der Waals surface area (Å²) in [5, 5.41) is 2.57. The van der Waals surface area contributed by atoms with E-state index in [1.165, 1.54) is 35.5 Å². The lowest BCUT2D eigenvalue weighted by atomic mass is 10.0. The highest BCUT2D eigenvalue weighted by molar-refractivity contribution is 6.04. The van der Waals surface area contributed by atoms with Gasteiger partial charge in [0.1, 0.15) is 24.3 Å². The summed E-state index contributed by atoms with van der Waals surface area (Å²) < 4.78 is 59.3. The van der Waals surface area contributed by atoms with Crippen molar-refractivity contribution in [2.24, 2.45) is 0 Å². The van der Waals surface area contributed by atoms with Crippen molar-refractivity contribution in [3.05, 3.63) is 65.5 Å². The topological polar surface area (TPSA) is 109 Å². The van der Waals surface area contributed by atoms with E-state index < -0.39 is 29.3 Å². The summed E-state index contributed by atoms with van der Waals surface area (Å²) in [4.78, 5) is 39.8. The highest BCUT2D eigenvalue weighted by Crippen LogP contribution is 2.39. The number of hydrogen-bond acceptors (Lipinski definition) is 9. The average molecular weight is 643 g/mol. The van der Waals surface area contributed by atoms with Gasteiger partial charge in [-0.1, -0.05) is 19.1 Å². The van der Waals surface area contributed by atoms with Crippen molar-refractivity contribution in [1.29, 1.82) is 0 Å². The SMILES string of the molecule is CCN1CCN(Cc2ccc(NC(=O)c3cccc(Oc4ncnc5c4OCCN5C(=O)OC(C)(C)C)c3)cc2C(F)(F)F)CC1. The first-order valence-electron chi connectivity index (χ1n) is 15.0. The molecule has 0 saturated carbocycles. The second-order valence-electron chi connectivity index (χ2n) is 12.0. The number of fused-ring (bicyclic) bond motifs is 1. The van der Waals surface area contributed by atoms with Crippen LogP contribution in [0.15, 0.2) is 48.8 Å². The van der Waals surface area contributed by atoms with Crippen molar-refractivity contribution in [2.75, 3.05) is 56.1 Å². The number of alkyl halides is 3. The van der Waals surface area contributed by atoms with Crippen molar-refractivity contribution in [1.82, 2.24) is 19.8 Å². The van der Waals surface area contributed by atoms with Crippen LogP contribution in [0.1, 0.15) is 49.2 Å². The number of ether oxygens (including phenoxy) is 3. The molecule has 46 heavy (non-hydrogen) atoms. The Morgan fingerprint density at radius 1 is 0.978 bits per heavy atom. The Morgan fingerprint density at radius 2 is 1.72 bits per heavy atom. The number of nitrogens with zero attached hydrogens (tertiary/aromatic N) is 5. The molecule has 0 radical (unpaired) electrons. The Kier molecular flexibility index (Phi) is 9.68. The largest absolute Gasteiger partial charge is 0.483 e. The summed E-state index contributed by atoms with van der Waals surface area (Å²) in [6.45, 7) is 11.8. The molecule has 2 aliphatic heterocycles. The number of piperazine rings is 1.